The summed E-state index contributed by atoms with van der Waals surface area (Å²) in [6.45, 7) is 6.20. The standard InChI is InChI=1S/C27H31ClN8O2/c1-17(2)7-8-19(13-29)6-5-9-35-25(31-24-11-20-16-34(4)33-23(20)12-22(24)28)32-26(37)36(27(35)38)21-10-18(3)14-30-15-21/h7-8,10,12,14-17,19,24H,5-6,9,11H2,1-4H3,(H,31,32,37)/b8-7-. The third kappa shape index (κ3) is 6.11. The summed E-state index contributed by atoms with van der Waals surface area (Å²) in [5, 5.41) is 17.7. The van der Waals surface area contributed by atoms with Crippen molar-refractivity contribution < 1.29 is 0 Å². The fraction of sp³-hybridized carbons (Fsp3) is 0.407. The molecule has 11 heteroatoms. The second-order valence-corrected chi connectivity index (χ2v) is 10.3. The molecule has 0 amide bonds. The van der Waals surface area contributed by atoms with Crippen molar-refractivity contribution >= 4 is 23.6 Å². The monoisotopic (exact) mass is 534 g/mol. The number of pyridine rings is 1. The van der Waals surface area contributed by atoms with Crippen molar-refractivity contribution in [2.45, 2.75) is 52.6 Å². The van der Waals surface area contributed by atoms with E-state index in [2.05, 4.69) is 40.3 Å². The Hall–Kier alpha value is -3.97. The topological polar surface area (TPSA) is 123 Å². The van der Waals surface area contributed by atoms with Crippen LogP contribution in [0.25, 0.3) is 11.8 Å². The lowest BCUT2D eigenvalue weighted by molar-refractivity contribution is 0.534. The van der Waals surface area contributed by atoms with Gasteiger partial charge in [0, 0.05) is 37.4 Å². The smallest absolute Gasteiger partial charge is 0.347 e. The third-order valence-electron chi connectivity index (χ3n) is 6.25. The molecule has 0 aromatic carbocycles. The van der Waals surface area contributed by atoms with Gasteiger partial charge in [-0.25, -0.2) is 14.2 Å². The van der Waals surface area contributed by atoms with Gasteiger partial charge in [-0.05, 0) is 49.0 Å². The number of nitriles is 1. The second-order valence-electron chi connectivity index (χ2n) is 9.86. The van der Waals surface area contributed by atoms with Crippen LogP contribution in [0.15, 0.2) is 51.4 Å². The number of allylic oxidation sites excluding steroid dienone is 2. The Morgan fingerprint density at radius 2 is 2.08 bits per heavy atom. The summed E-state index contributed by atoms with van der Waals surface area (Å²) in [6, 6.07) is 3.63. The first-order valence-corrected chi connectivity index (χ1v) is 12.9. The van der Waals surface area contributed by atoms with Gasteiger partial charge in [0.1, 0.15) is 0 Å². The molecule has 3 heterocycles. The molecule has 0 aliphatic heterocycles. The van der Waals surface area contributed by atoms with E-state index in [0.717, 1.165) is 21.4 Å². The van der Waals surface area contributed by atoms with Crippen molar-refractivity contribution in [3.8, 4) is 11.8 Å². The van der Waals surface area contributed by atoms with E-state index in [0.29, 0.717) is 35.9 Å². The van der Waals surface area contributed by atoms with Crippen molar-refractivity contribution in [2.75, 3.05) is 5.32 Å². The Balaban J connectivity index is 1.68. The van der Waals surface area contributed by atoms with Crippen LogP contribution in [0.5, 0.6) is 0 Å². The highest BCUT2D eigenvalue weighted by molar-refractivity contribution is 6.32. The van der Waals surface area contributed by atoms with Gasteiger partial charge >= 0.3 is 11.4 Å². The summed E-state index contributed by atoms with van der Waals surface area (Å²) in [7, 11) is 1.84. The summed E-state index contributed by atoms with van der Waals surface area (Å²) in [5.41, 5.74) is 1.69. The van der Waals surface area contributed by atoms with Crippen LogP contribution in [0, 0.1) is 30.1 Å². The molecule has 2 atom stereocenters. The van der Waals surface area contributed by atoms with Gasteiger partial charge in [-0.3, -0.25) is 14.2 Å². The van der Waals surface area contributed by atoms with Crippen LogP contribution < -0.4 is 16.7 Å². The van der Waals surface area contributed by atoms with Crippen LogP contribution in [-0.4, -0.2) is 34.9 Å². The zero-order valence-electron chi connectivity index (χ0n) is 21.9. The number of hydrogen-bond donors (Lipinski definition) is 1. The van der Waals surface area contributed by atoms with Crippen LogP contribution in [0.1, 0.15) is 43.5 Å². The molecular weight excluding hydrogens is 504 g/mol. The minimum atomic E-state index is -0.714. The quantitative estimate of drug-likeness (QED) is 0.416. The molecule has 0 fully saturated rings. The van der Waals surface area contributed by atoms with Crippen molar-refractivity contribution in [3.63, 3.8) is 0 Å². The van der Waals surface area contributed by atoms with E-state index >= 15 is 0 Å². The molecule has 0 saturated carbocycles. The summed E-state index contributed by atoms with van der Waals surface area (Å²) < 4.78 is 4.18. The summed E-state index contributed by atoms with van der Waals surface area (Å²) in [5.74, 6) is 0.199. The maximum absolute atomic E-state index is 13.7. The average molecular weight is 535 g/mol. The first kappa shape index (κ1) is 27.1. The molecular formula is C27H31ClN8O2. The Labute approximate surface area is 225 Å². The maximum atomic E-state index is 13.7. The van der Waals surface area contributed by atoms with E-state index in [1.165, 1.54) is 10.8 Å². The number of aryl methyl sites for hydroxylation is 2. The van der Waals surface area contributed by atoms with E-state index in [4.69, 9.17) is 11.6 Å². The van der Waals surface area contributed by atoms with E-state index in [1.54, 1.807) is 23.0 Å². The van der Waals surface area contributed by atoms with Crippen LogP contribution in [0.2, 0.25) is 0 Å². The Morgan fingerprint density at radius 3 is 2.79 bits per heavy atom. The van der Waals surface area contributed by atoms with E-state index in [9.17, 15) is 14.9 Å². The molecule has 1 N–H and O–H groups in total. The highest BCUT2D eigenvalue weighted by atomic mass is 35.5. The molecule has 10 nitrogen and oxygen atoms in total. The molecule has 3 aromatic heterocycles. The summed E-state index contributed by atoms with van der Waals surface area (Å²) >= 11 is 6.57. The van der Waals surface area contributed by atoms with Gasteiger partial charge in [-0.2, -0.15) is 15.3 Å². The summed E-state index contributed by atoms with van der Waals surface area (Å²) in [4.78, 5) is 35.1. The maximum Gasteiger partial charge on any atom is 0.359 e. The van der Waals surface area contributed by atoms with Gasteiger partial charge in [0.2, 0.25) is 5.95 Å². The number of hydrogen-bond acceptors (Lipinski definition) is 7. The lowest BCUT2D eigenvalue weighted by Gasteiger charge is -2.24. The highest BCUT2D eigenvalue weighted by Gasteiger charge is 2.25. The SMILES string of the molecule is Cc1cncc(-n2c(=O)nc(NC3Cc4cn(C)nc4C=C3Cl)n(CCCC(C#N)/C=C\C(C)C)c2=O)c1. The predicted octanol–water partition coefficient (Wildman–Crippen LogP) is 3.58. The molecule has 1 aliphatic carbocycles. The van der Waals surface area contributed by atoms with E-state index in [1.807, 2.05) is 32.3 Å². The molecule has 3 aromatic rings. The number of nitrogens with zero attached hydrogens (tertiary/aromatic N) is 7. The van der Waals surface area contributed by atoms with Gasteiger partial charge in [0.25, 0.3) is 0 Å². The Bertz CT molecular complexity index is 1540. The van der Waals surface area contributed by atoms with Crippen molar-refractivity contribution in [1.82, 2.24) is 28.9 Å². The molecule has 38 heavy (non-hydrogen) atoms. The predicted molar refractivity (Wildman–Crippen MR) is 147 cm³/mol. The Morgan fingerprint density at radius 1 is 1.29 bits per heavy atom. The first-order chi connectivity index (χ1) is 18.2. The number of halogens is 1. The number of rotatable bonds is 9. The van der Waals surface area contributed by atoms with E-state index < -0.39 is 11.4 Å². The second kappa shape index (κ2) is 11.6. The molecule has 2 unspecified atom stereocenters. The molecule has 0 saturated heterocycles. The molecule has 0 bridgehead atoms. The molecule has 0 spiro atoms. The van der Waals surface area contributed by atoms with Crippen LogP contribution in [0.3, 0.4) is 0 Å². The lowest BCUT2D eigenvalue weighted by Crippen LogP contribution is -2.43. The van der Waals surface area contributed by atoms with Crippen molar-refractivity contribution in [3.05, 3.63) is 79.6 Å². The normalized spacial score (nSPS) is 15.8. The minimum absolute atomic E-state index is 0.131. The number of nitrogens with one attached hydrogen (secondary N) is 1. The largest absolute Gasteiger partial charge is 0.359 e. The van der Waals surface area contributed by atoms with Gasteiger partial charge < -0.3 is 5.32 Å². The Kier molecular flexibility index (Phi) is 8.27. The fourth-order valence-electron chi connectivity index (χ4n) is 4.38. The molecule has 1 aliphatic rings. The van der Waals surface area contributed by atoms with Gasteiger partial charge in [0.05, 0.1) is 35.6 Å². The fourth-order valence-corrected chi connectivity index (χ4v) is 4.61. The highest BCUT2D eigenvalue weighted by Crippen LogP contribution is 2.27. The molecule has 4 rings (SSSR count). The third-order valence-corrected chi connectivity index (χ3v) is 6.62. The first-order valence-electron chi connectivity index (χ1n) is 12.6. The van der Waals surface area contributed by atoms with E-state index in [-0.39, 0.29) is 24.5 Å². The average Bonchev–Trinajstić information content (AvgIpc) is 3.21. The number of anilines is 1. The lowest BCUT2D eigenvalue weighted by atomic mass is 10.00. The molecule has 0 radical (unpaired) electrons. The van der Waals surface area contributed by atoms with Gasteiger partial charge in [-0.15, -0.1) is 0 Å². The van der Waals surface area contributed by atoms with Crippen LogP contribution in [-0.2, 0) is 20.0 Å². The van der Waals surface area contributed by atoms with Crippen LogP contribution in [0.4, 0.5) is 5.95 Å². The van der Waals surface area contributed by atoms with Crippen molar-refractivity contribution in [1.29, 1.82) is 5.26 Å². The zero-order chi connectivity index (χ0) is 27.4. The molecule has 198 valence electrons. The summed E-state index contributed by atoms with van der Waals surface area (Å²) in [6.07, 6.45) is 12.3. The van der Waals surface area contributed by atoms with Gasteiger partial charge in [-0.1, -0.05) is 37.6 Å². The number of aromatic nitrogens is 6. The minimum Gasteiger partial charge on any atom is -0.347 e. The van der Waals surface area contributed by atoms with Crippen LogP contribution >= 0.6 is 11.6 Å². The zero-order valence-corrected chi connectivity index (χ0v) is 22.7. The number of fused-ring (bicyclic) bond motifs is 1. The van der Waals surface area contributed by atoms with Gasteiger partial charge in [0.15, 0.2) is 0 Å². The van der Waals surface area contributed by atoms with Crippen molar-refractivity contribution in [2.24, 2.45) is 18.9 Å².